The van der Waals surface area contributed by atoms with Gasteiger partial charge in [-0.1, -0.05) is 15.9 Å². The zero-order valence-corrected chi connectivity index (χ0v) is 16.3. The molecule has 0 amide bonds. The highest BCUT2D eigenvalue weighted by molar-refractivity contribution is 9.10. The van der Waals surface area contributed by atoms with Crippen LogP contribution in [0.4, 0.5) is 4.79 Å². The second-order valence-electron chi connectivity index (χ2n) is 4.31. The zero-order chi connectivity index (χ0) is 17.7. The van der Waals surface area contributed by atoms with Crippen molar-refractivity contribution < 1.29 is 23.8 Å². The first-order valence-corrected chi connectivity index (χ1v) is 9.19. The Kier molecular flexibility index (Phi) is 6.76. The van der Waals surface area contributed by atoms with Crippen molar-refractivity contribution in [2.24, 2.45) is 4.99 Å². The predicted molar refractivity (Wildman–Crippen MR) is 99.9 cm³/mol. The van der Waals surface area contributed by atoms with Crippen molar-refractivity contribution in [2.75, 3.05) is 20.8 Å². The van der Waals surface area contributed by atoms with Crippen molar-refractivity contribution in [2.45, 2.75) is 6.92 Å². The molecule has 0 saturated carbocycles. The third kappa shape index (κ3) is 4.55. The van der Waals surface area contributed by atoms with Crippen molar-refractivity contribution in [3.63, 3.8) is 0 Å². The largest absolute Gasteiger partial charge is 0.493 e. The Morgan fingerprint density at radius 2 is 2.12 bits per heavy atom. The third-order valence-electron chi connectivity index (χ3n) is 2.80. The van der Waals surface area contributed by atoms with E-state index in [0.29, 0.717) is 21.4 Å². The van der Waals surface area contributed by atoms with Gasteiger partial charge in [0.1, 0.15) is 10.1 Å². The van der Waals surface area contributed by atoms with Gasteiger partial charge < -0.3 is 14.2 Å². The molecule has 9 heteroatoms. The Morgan fingerprint density at radius 1 is 1.38 bits per heavy atom. The van der Waals surface area contributed by atoms with Crippen LogP contribution in [0, 0.1) is 0 Å². The summed E-state index contributed by atoms with van der Waals surface area (Å²) < 4.78 is 16.6. The highest BCUT2D eigenvalue weighted by atomic mass is 79.9. The van der Waals surface area contributed by atoms with Gasteiger partial charge in [0.15, 0.2) is 11.5 Å². The average molecular weight is 432 g/mol. The van der Waals surface area contributed by atoms with Crippen molar-refractivity contribution in [1.29, 1.82) is 0 Å². The van der Waals surface area contributed by atoms with Crippen LogP contribution in [0.3, 0.4) is 0 Å². The Hall–Kier alpha value is -1.45. The molecule has 1 heterocycles. The lowest BCUT2D eigenvalue weighted by atomic mass is 10.1. The summed E-state index contributed by atoms with van der Waals surface area (Å²) >= 11 is 5.08. The number of benzene rings is 1. The number of hydrogen-bond donors (Lipinski definition) is 0. The van der Waals surface area contributed by atoms with Gasteiger partial charge >= 0.3 is 5.30 Å². The van der Waals surface area contributed by atoms with Gasteiger partial charge in [-0.2, -0.15) is 0 Å². The highest BCUT2D eigenvalue weighted by Crippen LogP contribution is 2.38. The number of thioether (sulfide) groups is 2. The van der Waals surface area contributed by atoms with Gasteiger partial charge in [-0.3, -0.25) is 4.79 Å². The summed E-state index contributed by atoms with van der Waals surface area (Å²) in [4.78, 5) is 27.8. The third-order valence-corrected chi connectivity index (χ3v) is 4.97. The standard InChI is InChI=1S/C15H14BrNO5S2/c1-4-22-15(19)24-14-17-10(13(18)23-14)6-8-5-9(16)7-11(20-2)12(8)21-3/h5-7H,4H2,1-3H3/b10-6+. The van der Waals surface area contributed by atoms with Gasteiger partial charge in [0, 0.05) is 21.8 Å². The van der Waals surface area contributed by atoms with E-state index >= 15 is 0 Å². The molecule has 0 fully saturated rings. The molecule has 2 rings (SSSR count). The van der Waals surface area contributed by atoms with Crippen LogP contribution in [0.1, 0.15) is 12.5 Å². The SMILES string of the molecule is CCOC(=O)SC1=N/C(=C/c2cc(Br)cc(OC)c2OC)C(=O)S1. The van der Waals surface area contributed by atoms with E-state index in [4.69, 9.17) is 14.2 Å². The van der Waals surface area contributed by atoms with E-state index in [2.05, 4.69) is 20.9 Å². The summed E-state index contributed by atoms with van der Waals surface area (Å²) in [5.74, 6) is 1.02. The minimum absolute atomic E-state index is 0.227. The van der Waals surface area contributed by atoms with E-state index in [1.54, 1.807) is 25.1 Å². The number of nitrogens with zero attached hydrogens (tertiary/aromatic N) is 1. The number of rotatable bonds is 4. The second kappa shape index (κ2) is 8.59. The summed E-state index contributed by atoms with van der Waals surface area (Å²) in [6.07, 6.45) is 1.60. The Bertz CT molecular complexity index is 733. The van der Waals surface area contributed by atoms with Crippen LogP contribution in [-0.4, -0.2) is 35.6 Å². The molecule has 24 heavy (non-hydrogen) atoms. The van der Waals surface area contributed by atoms with Crippen molar-refractivity contribution in [1.82, 2.24) is 0 Å². The molecule has 0 aromatic heterocycles. The number of aliphatic imine (C=N–C) groups is 1. The normalized spacial score (nSPS) is 15.4. The van der Waals surface area contributed by atoms with Gasteiger partial charge in [-0.05, 0) is 36.9 Å². The lowest BCUT2D eigenvalue weighted by Crippen LogP contribution is -1.98. The van der Waals surface area contributed by atoms with Gasteiger partial charge in [-0.25, -0.2) is 9.79 Å². The molecule has 1 aromatic carbocycles. The Labute approximate surface area is 156 Å². The minimum atomic E-state index is -0.487. The molecule has 0 spiro atoms. The lowest BCUT2D eigenvalue weighted by Gasteiger charge is -2.11. The first-order chi connectivity index (χ1) is 11.5. The smallest absolute Gasteiger partial charge is 0.374 e. The van der Waals surface area contributed by atoms with Crippen LogP contribution >= 0.6 is 39.5 Å². The molecule has 1 aliphatic rings. The number of carbonyl (C=O) groups is 2. The molecule has 0 aliphatic carbocycles. The molecular weight excluding hydrogens is 418 g/mol. The number of methoxy groups -OCH3 is 2. The summed E-state index contributed by atoms with van der Waals surface area (Å²) in [6, 6.07) is 3.55. The van der Waals surface area contributed by atoms with Gasteiger partial charge in [0.25, 0.3) is 0 Å². The fourth-order valence-corrected chi connectivity index (χ4v) is 3.89. The number of ether oxygens (including phenoxy) is 3. The van der Waals surface area contributed by atoms with E-state index in [1.165, 1.54) is 14.2 Å². The maximum Gasteiger partial charge on any atom is 0.374 e. The first kappa shape index (κ1) is 18.9. The van der Waals surface area contributed by atoms with Crippen molar-refractivity contribution >= 4 is 60.3 Å². The number of halogens is 1. The maximum absolute atomic E-state index is 12.1. The van der Waals surface area contributed by atoms with Crippen LogP contribution in [0.15, 0.2) is 27.3 Å². The summed E-state index contributed by atoms with van der Waals surface area (Å²) in [6.45, 7) is 1.99. The lowest BCUT2D eigenvalue weighted by molar-refractivity contribution is -0.107. The van der Waals surface area contributed by atoms with E-state index in [-0.39, 0.29) is 17.4 Å². The average Bonchev–Trinajstić information content (AvgIpc) is 2.86. The predicted octanol–water partition coefficient (Wildman–Crippen LogP) is 4.33. The molecule has 6 nitrogen and oxygen atoms in total. The molecular formula is C15H14BrNO5S2. The quantitative estimate of drug-likeness (QED) is 0.518. The summed E-state index contributed by atoms with van der Waals surface area (Å²) in [5, 5.41) is -0.734. The van der Waals surface area contributed by atoms with Gasteiger partial charge in [-0.15, -0.1) is 0 Å². The Balaban J connectivity index is 2.34. The van der Waals surface area contributed by atoms with Gasteiger partial charge in [0.05, 0.1) is 20.8 Å². The van der Waals surface area contributed by atoms with Crippen LogP contribution in [0.2, 0.25) is 0 Å². The summed E-state index contributed by atoms with van der Waals surface area (Å²) in [7, 11) is 3.05. The highest BCUT2D eigenvalue weighted by Gasteiger charge is 2.26. The molecule has 0 atom stereocenters. The Morgan fingerprint density at radius 3 is 2.75 bits per heavy atom. The zero-order valence-electron chi connectivity index (χ0n) is 13.1. The molecule has 0 N–H and O–H groups in total. The van der Waals surface area contributed by atoms with Crippen molar-refractivity contribution in [3.8, 4) is 11.5 Å². The molecule has 1 aromatic rings. The fourth-order valence-electron chi connectivity index (χ4n) is 1.87. The van der Waals surface area contributed by atoms with E-state index in [9.17, 15) is 9.59 Å². The fraction of sp³-hybridized carbons (Fsp3) is 0.267. The first-order valence-electron chi connectivity index (χ1n) is 6.77. The molecule has 0 unspecified atom stereocenters. The van der Waals surface area contributed by atoms with Crippen LogP contribution < -0.4 is 9.47 Å². The summed E-state index contributed by atoms with van der Waals surface area (Å²) in [5.41, 5.74) is 0.865. The molecule has 128 valence electrons. The molecule has 0 saturated heterocycles. The molecule has 1 aliphatic heterocycles. The monoisotopic (exact) mass is 431 g/mol. The van der Waals surface area contributed by atoms with E-state index in [0.717, 1.165) is 28.0 Å². The minimum Gasteiger partial charge on any atom is -0.493 e. The molecule has 0 radical (unpaired) electrons. The van der Waals surface area contributed by atoms with E-state index in [1.807, 2.05) is 0 Å². The van der Waals surface area contributed by atoms with Crippen LogP contribution in [0.25, 0.3) is 6.08 Å². The molecule has 0 bridgehead atoms. The van der Waals surface area contributed by atoms with Crippen LogP contribution in [-0.2, 0) is 9.53 Å². The maximum atomic E-state index is 12.1. The topological polar surface area (TPSA) is 74.2 Å². The van der Waals surface area contributed by atoms with Crippen molar-refractivity contribution in [3.05, 3.63) is 27.9 Å². The van der Waals surface area contributed by atoms with Gasteiger partial charge in [0.2, 0.25) is 5.12 Å². The number of hydrogen-bond acceptors (Lipinski definition) is 8. The van der Waals surface area contributed by atoms with Crippen LogP contribution in [0.5, 0.6) is 11.5 Å². The van der Waals surface area contributed by atoms with E-state index < -0.39 is 5.30 Å². The second-order valence-corrected chi connectivity index (χ2v) is 7.37. The number of carbonyl (C=O) groups excluding carboxylic acids is 2.